The van der Waals surface area contributed by atoms with E-state index in [1.807, 2.05) is 0 Å². The lowest BCUT2D eigenvalue weighted by molar-refractivity contribution is -0.199. The summed E-state index contributed by atoms with van der Waals surface area (Å²) in [4.78, 5) is 43.3. The number of nitrogens with zero attached hydrogens (tertiary/aromatic N) is 3. The highest BCUT2D eigenvalue weighted by atomic mass is 32.2. The Balaban J connectivity index is 1.75. The molecule has 2 heterocycles. The number of benzene rings is 2. The number of carbonyl (C=O) groups excluding carboxylic acids is 3. The smallest absolute Gasteiger partial charge is 0.326 e. The molecule has 1 unspecified atom stereocenters. The van der Waals surface area contributed by atoms with Crippen molar-refractivity contribution in [2.75, 3.05) is 18.4 Å². The summed E-state index contributed by atoms with van der Waals surface area (Å²) in [5, 5.41) is 2.30. The fourth-order valence-corrected chi connectivity index (χ4v) is 7.09. The Morgan fingerprint density at radius 3 is 2.31 bits per heavy atom. The third-order valence-electron chi connectivity index (χ3n) is 7.77. The number of sulfonamides is 1. The Morgan fingerprint density at radius 1 is 1.04 bits per heavy atom. The predicted octanol–water partition coefficient (Wildman–Crippen LogP) is 5.03. The maximum atomic E-state index is 15.1. The second-order valence-electron chi connectivity index (χ2n) is 12.2. The molecule has 0 bridgehead atoms. The Kier molecular flexibility index (Phi) is 11.1. The van der Waals surface area contributed by atoms with E-state index in [1.54, 1.807) is 24.3 Å². The number of anilines is 1. The standard InChI is InChI=1S/C33H37F4N5O5S/c1-21(43)40-25-9-6-8-24(18-25)22-12-14-23(15-13-22)30(33(35,36)37)42(31(45)26(38)19-32(2,3)34)27-10-7-17-41(20-28(27)44)48(46,47)29-11-4-5-16-39-29/h4-6,8-9,11-16,18,26-27,30H,7,10,17,19-20,38H2,1-3H3,(H,40,43)/t26-,27?,30-/m0/s1. The lowest BCUT2D eigenvalue weighted by Crippen LogP contribution is -2.57. The van der Waals surface area contributed by atoms with Crippen LogP contribution in [-0.4, -0.2) is 77.2 Å². The topological polar surface area (TPSA) is 143 Å². The number of rotatable bonds is 10. The van der Waals surface area contributed by atoms with Crippen LogP contribution < -0.4 is 11.1 Å². The van der Waals surface area contributed by atoms with Crippen molar-refractivity contribution in [3.05, 3.63) is 78.5 Å². The molecule has 1 aliphatic rings. The van der Waals surface area contributed by atoms with Crippen LogP contribution in [0.4, 0.5) is 23.2 Å². The number of Topliss-reactive ketones (excluding diaryl/α,β-unsaturated/α-hetero) is 1. The Labute approximate surface area is 276 Å². The SMILES string of the molecule is CC(=O)Nc1cccc(-c2ccc([C@H](N(C(=O)[C@@H](N)CC(C)(C)F)C3CCCN(S(=O)(=O)c4ccccn4)CC3=O)C(F)(F)F)cc2)c1. The molecule has 1 aliphatic heterocycles. The number of nitrogens with two attached hydrogens (primary N) is 1. The lowest BCUT2D eigenvalue weighted by Gasteiger charge is -2.40. The molecule has 0 saturated carbocycles. The van der Waals surface area contributed by atoms with Crippen molar-refractivity contribution < 1.29 is 40.4 Å². The number of hydrogen-bond donors (Lipinski definition) is 2. The summed E-state index contributed by atoms with van der Waals surface area (Å²) < 4.78 is 87.3. The zero-order chi connectivity index (χ0) is 35.4. The summed E-state index contributed by atoms with van der Waals surface area (Å²) >= 11 is 0. The summed E-state index contributed by atoms with van der Waals surface area (Å²) in [6.45, 7) is 2.56. The minimum atomic E-state index is -5.13. The third kappa shape index (κ3) is 8.82. The van der Waals surface area contributed by atoms with Gasteiger partial charge in [0, 0.05) is 31.8 Å². The van der Waals surface area contributed by atoms with Crippen LogP contribution in [0.1, 0.15) is 51.6 Å². The van der Waals surface area contributed by atoms with Gasteiger partial charge in [0.05, 0.1) is 18.6 Å². The summed E-state index contributed by atoms with van der Waals surface area (Å²) in [5.41, 5.74) is 5.17. The van der Waals surface area contributed by atoms with Gasteiger partial charge in [-0.2, -0.15) is 17.5 Å². The van der Waals surface area contributed by atoms with Gasteiger partial charge in [0.15, 0.2) is 16.9 Å². The van der Waals surface area contributed by atoms with Gasteiger partial charge in [0.2, 0.25) is 11.8 Å². The van der Waals surface area contributed by atoms with Gasteiger partial charge in [-0.05, 0) is 67.6 Å². The highest BCUT2D eigenvalue weighted by Gasteiger charge is 2.52. The first-order valence-corrected chi connectivity index (χ1v) is 16.6. The van der Waals surface area contributed by atoms with E-state index in [0.717, 1.165) is 18.2 Å². The average Bonchev–Trinajstić information content (AvgIpc) is 3.20. The van der Waals surface area contributed by atoms with Gasteiger partial charge in [-0.3, -0.25) is 14.4 Å². The van der Waals surface area contributed by atoms with Gasteiger partial charge < -0.3 is 16.0 Å². The number of hydrogen-bond acceptors (Lipinski definition) is 7. The summed E-state index contributed by atoms with van der Waals surface area (Å²) in [6.07, 6.45) is -4.87. The quantitative estimate of drug-likeness (QED) is 0.284. The Morgan fingerprint density at radius 2 is 1.73 bits per heavy atom. The molecule has 258 valence electrons. The zero-order valence-corrected chi connectivity index (χ0v) is 27.4. The van der Waals surface area contributed by atoms with Crippen molar-refractivity contribution in [1.29, 1.82) is 0 Å². The summed E-state index contributed by atoms with van der Waals surface area (Å²) in [5.74, 6) is -2.55. The number of amides is 2. The second-order valence-corrected chi connectivity index (χ2v) is 14.1. The maximum absolute atomic E-state index is 15.1. The number of ketones is 1. The average molecular weight is 692 g/mol. The number of halogens is 4. The van der Waals surface area contributed by atoms with Gasteiger partial charge in [0.1, 0.15) is 5.67 Å². The van der Waals surface area contributed by atoms with Crippen LogP contribution in [0.3, 0.4) is 0 Å². The van der Waals surface area contributed by atoms with Gasteiger partial charge in [-0.1, -0.05) is 42.5 Å². The first kappa shape index (κ1) is 36.6. The van der Waals surface area contributed by atoms with Crippen LogP contribution in [0.25, 0.3) is 11.1 Å². The van der Waals surface area contributed by atoms with Gasteiger partial charge in [-0.15, -0.1) is 0 Å². The predicted molar refractivity (Wildman–Crippen MR) is 171 cm³/mol. The first-order valence-electron chi connectivity index (χ1n) is 15.1. The molecule has 0 spiro atoms. The van der Waals surface area contributed by atoms with Gasteiger partial charge >= 0.3 is 6.18 Å². The zero-order valence-electron chi connectivity index (χ0n) is 26.6. The highest BCUT2D eigenvalue weighted by Crippen LogP contribution is 2.41. The molecular weight excluding hydrogens is 654 g/mol. The first-order chi connectivity index (χ1) is 22.4. The van der Waals surface area contributed by atoms with E-state index in [0.29, 0.717) is 21.7 Å². The monoisotopic (exact) mass is 691 g/mol. The minimum absolute atomic E-state index is 0.0652. The molecule has 48 heavy (non-hydrogen) atoms. The van der Waals surface area contributed by atoms with Crippen LogP contribution in [0.2, 0.25) is 0 Å². The third-order valence-corrected chi connectivity index (χ3v) is 9.54. The van der Waals surface area contributed by atoms with Crippen LogP contribution in [0, 0.1) is 0 Å². The molecule has 3 N–H and O–H groups in total. The fraction of sp³-hybridized carbons (Fsp3) is 0.394. The van der Waals surface area contributed by atoms with Crippen molar-refractivity contribution in [2.24, 2.45) is 5.73 Å². The Hall–Kier alpha value is -4.21. The maximum Gasteiger partial charge on any atom is 0.413 e. The largest absolute Gasteiger partial charge is 0.413 e. The second kappa shape index (κ2) is 14.5. The molecule has 15 heteroatoms. The van der Waals surface area contributed by atoms with Crippen molar-refractivity contribution >= 4 is 33.3 Å². The van der Waals surface area contributed by atoms with Gasteiger partial charge in [-0.25, -0.2) is 17.8 Å². The fourth-order valence-electron chi connectivity index (χ4n) is 5.72. The van der Waals surface area contributed by atoms with Crippen molar-refractivity contribution in [2.45, 2.75) is 75.0 Å². The van der Waals surface area contributed by atoms with Gasteiger partial charge in [0.25, 0.3) is 10.0 Å². The molecule has 0 radical (unpaired) electrons. The number of alkyl halides is 4. The molecule has 10 nitrogen and oxygen atoms in total. The van der Waals surface area contributed by atoms with Crippen LogP contribution >= 0.6 is 0 Å². The number of pyridine rings is 1. The lowest BCUT2D eigenvalue weighted by atomic mass is 9.93. The van der Waals surface area contributed by atoms with E-state index in [4.69, 9.17) is 5.73 Å². The van der Waals surface area contributed by atoms with E-state index >= 15 is 13.2 Å². The molecule has 3 aromatic rings. The van der Waals surface area contributed by atoms with E-state index in [-0.39, 0.29) is 35.9 Å². The van der Waals surface area contributed by atoms with Crippen LogP contribution in [-0.2, 0) is 24.4 Å². The van der Waals surface area contributed by atoms with E-state index in [9.17, 15) is 27.2 Å². The molecule has 1 fully saturated rings. The van der Waals surface area contributed by atoms with Crippen LogP contribution in [0.15, 0.2) is 78.0 Å². The molecule has 4 rings (SSSR count). The number of nitrogens with one attached hydrogen (secondary N) is 1. The molecular formula is C33H37F4N5O5S. The van der Waals surface area contributed by atoms with E-state index < -0.39 is 64.6 Å². The van der Waals surface area contributed by atoms with Crippen molar-refractivity contribution in [1.82, 2.24) is 14.2 Å². The van der Waals surface area contributed by atoms with E-state index in [2.05, 4.69) is 10.3 Å². The molecule has 1 saturated heterocycles. The highest BCUT2D eigenvalue weighted by molar-refractivity contribution is 7.89. The Bertz CT molecular complexity index is 1730. The number of carbonyl (C=O) groups is 3. The van der Waals surface area contributed by atoms with Crippen LogP contribution in [0.5, 0.6) is 0 Å². The van der Waals surface area contributed by atoms with Crippen molar-refractivity contribution in [3.63, 3.8) is 0 Å². The van der Waals surface area contributed by atoms with E-state index in [1.165, 1.54) is 55.6 Å². The summed E-state index contributed by atoms with van der Waals surface area (Å²) in [6, 6.07) is 9.83. The normalized spacial score (nSPS) is 17.7. The summed E-state index contributed by atoms with van der Waals surface area (Å²) in [7, 11) is -4.29. The molecule has 2 amide bonds. The van der Waals surface area contributed by atoms with Crippen molar-refractivity contribution in [3.8, 4) is 11.1 Å². The number of aromatic nitrogens is 1. The minimum Gasteiger partial charge on any atom is -0.326 e. The molecule has 0 aliphatic carbocycles. The molecule has 1 aromatic heterocycles. The molecule has 3 atom stereocenters. The molecule has 2 aromatic carbocycles.